The number of ether oxygens (including phenoxy) is 2. The first-order valence-electron chi connectivity index (χ1n) is 8.29. The van der Waals surface area contributed by atoms with Gasteiger partial charge in [0.2, 0.25) is 0 Å². The zero-order valence-corrected chi connectivity index (χ0v) is 15.2. The monoisotopic (exact) mass is 378 g/mol. The number of methoxy groups -OCH3 is 1. The molecule has 1 unspecified atom stereocenters. The molecule has 5 heteroatoms. The van der Waals surface area contributed by atoms with Gasteiger partial charge < -0.3 is 15.2 Å². The summed E-state index contributed by atoms with van der Waals surface area (Å²) in [5, 5.41) is 0. The quantitative estimate of drug-likeness (QED) is 0.814. The Hall–Kier alpha value is -1.07. The number of halogens is 1. The van der Waals surface area contributed by atoms with Crippen molar-refractivity contribution >= 4 is 22.0 Å². The molecule has 124 valence electrons. The maximum atomic E-state index is 5.95. The smallest absolute Gasteiger partial charge is 0.283 e. The van der Waals surface area contributed by atoms with E-state index in [1.165, 1.54) is 11.1 Å². The van der Waals surface area contributed by atoms with Crippen molar-refractivity contribution in [2.45, 2.75) is 44.2 Å². The standard InChI is InChI=1S/C18H23BrN2O2/c1-11-8-17(6-5-15(11)22-2)9-12-3-4-13(19)7-14(12)18(17)10-23-16(20)21-18/h3-4,7,11,15H,5-6,8-10H2,1-2H3,(H2,20,21)/t11-,15-,17-,18?/m1/s1. The van der Waals surface area contributed by atoms with E-state index in [-0.39, 0.29) is 11.0 Å². The van der Waals surface area contributed by atoms with Crippen LogP contribution in [0.25, 0.3) is 0 Å². The molecule has 23 heavy (non-hydrogen) atoms. The van der Waals surface area contributed by atoms with Gasteiger partial charge in [0.15, 0.2) is 0 Å². The van der Waals surface area contributed by atoms with E-state index in [0.29, 0.717) is 24.7 Å². The summed E-state index contributed by atoms with van der Waals surface area (Å²) >= 11 is 3.61. The van der Waals surface area contributed by atoms with Crippen molar-refractivity contribution in [1.82, 2.24) is 0 Å². The molecule has 0 bridgehead atoms. The lowest BCUT2D eigenvalue weighted by Crippen LogP contribution is -2.48. The fourth-order valence-corrected chi connectivity index (χ4v) is 5.53. The molecule has 1 aromatic rings. The average Bonchev–Trinajstić information content (AvgIpc) is 3.02. The topological polar surface area (TPSA) is 56.8 Å². The fourth-order valence-electron chi connectivity index (χ4n) is 5.16. The van der Waals surface area contributed by atoms with Crippen LogP contribution in [-0.4, -0.2) is 25.8 Å². The highest BCUT2D eigenvalue weighted by Gasteiger charge is 2.62. The minimum atomic E-state index is -0.330. The Labute approximate surface area is 145 Å². The molecular formula is C18H23BrN2O2. The lowest BCUT2D eigenvalue weighted by molar-refractivity contribution is -0.0445. The lowest BCUT2D eigenvalue weighted by Gasteiger charge is -2.47. The normalized spacial score (nSPS) is 38.7. The first kappa shape index (κ1) is 15.5. The fraction of sp³-hybridized carbons (Fsp3) is 0.611. The third-order valence-corrected chi connectivity index (χ3v) is 6.70. The molecule has 0 aromatic heterocycles. The molecule has 1 fully saturated rings. The molecule has 2 N–H and O–H groups in total. The predicted molar refractivity (Wildman–Crippen MR) is 93.3 cm³/mol. The van der Waals surface area contributed by atoms with Crippen LogP contribution in [0.5, 0.6) is 0 Å². The van der Waals surface area contributed by atoms with E-state index < -0.39 is 0 Å². The molecule has 4 nitrogen and oxygen atoms in total. The zero-order chi connectivity index (χ0) is 16.2. The van der Waals surface area contributed by atoms with Crippen LogP contribution in [0.4, 0.5) is 0 Å². The van der Waals surface area contributed by atoms with Crippen molar-refractivity contribution < 1.29 is 9.47 Å². The second kappa shape index (κ2) is 5.21. The Morgan fingerprint density at radius 1 is 1.43 bits per heavy atom. The van der Waals surface area contributed by atoms with Crippen molar-refractivity contribution in [3.05, 3.63) is 33.8 Å². The number of amidine groups is 1. The van der Waals surface area contributed by atoms with Gasteiger partial charge in [0, 0.05) is 17.0 Å². The van der Waals surface area contributed by atoms with Crippen LogP contribution in [0.2, 0.25) is 0 Å². The number of benzene rings is 1. The molecule has 0 radical (unpaired) electrons. The van der Waals surface area contributed by atoms with Gasteiger partial charge in [-0.1, -0.05) is 28.9 Å². The summed E-state index contributed by atoms with van der Waals surface area (Å²) in [6.45, 7) is 2.86. The molecular weight excluding hydrogens is 356 g/mol. The van der Waals surface area contributed by atoms with Gasteiger partial charge in [-0.05, 0) is 54.9 Å². The number of hydrogen-bond donors (Lipinski definition) is 1. The largest absolute Gasteiger partial charge is 0.462 e. The molecule has 0 saturated heterocycles. The summed E-state index contributed by atoms with van der Waals surface area (Å²) in [7, 11) is 1.82. The lowest BCUT2D eigenvalue weighted by atomic mass is 9.59. The second-order valence-electron chi connectivity index (χ2n) is 7.35. The van der Waals surface area contributed by atoms with E-state index in [1.54, 1.807) is 0 Å². The molecule has 1 aromatic carbocycles. The van der Waals surface area contributed by atoms with Gasteiger partial charge in [-0.3, -0.25) is 0 Å². The second-order valence-corrected chi connectivity index (χ2v) is 8.27. The molecule has 0 amide bonds. The number of fused-ring (bicyclic) bond motifs is 3. The van der Waals surface area contributed by atoms with Gasteiger partial charge >= 0.3 is 0 Å². The van der Waals surface area contributed by atoms with Gasteiger partial charge in [0.05, 0.1) is 6.10 Å². The van der Waals surface area contributed by atoms with Gasteiger partial charge in [-0.25, -0.2) is 4.99 Å². The molecule has 2 aliphatic carbocycles. The van der Waals surface area contributed by atoms with Crippen molar-refractivity contribution in [3.63, 3.8) is 0 Å². The van der Waals surface area contributed by atoms with Crippen molar-refractivity contribution in [1.29, 1.82) is 0 Å². The number of nitrogens with zero attached hydrogens (tertiary/aromatic N) is 1. The molecule has 2 spiro atoms. The van der Waals surface area contributed by atoms with Gasteiger partial charge in [-0.2, -0.15) is 0 Å². The summed E-state index contributed by atoms with van der Waals surface area (Å²) in [5.41, 5.74) is 8.39. The number of aliphatic imine (C=N–C) groups is 1. The highest BCUT2D eigenvalue weighted by molar-refractivity contribution is 9.10. The molecule has 1 saturated carbocycles. The van der Waals surface area contributed by atoms with Gasteiger partial charge in [0.25, 0.3) is 6.02 Å². The Morgan fingerprint density at radius 2 is 2.26 bits per heavy atom. The van der Waals surface area contributed by atoms with Crippen LogP contribution < -0.4 is 5.73 Å². The van der Waals surface area contributed by atoms with Gasteiger partial charge in [-0.15, -0.1) is 0 Å². The van der Waals surface area contributed by atoms with E-state index in [4.69, 9.17) is 20.2 Å². The summed E-state index contributed by atoms with van der Waals surface area (Å²) in [5.74, 6) is 0.514. The summed E-state index contributed by atoms with van der Waals surface area (Å²) in [6, 6.07) is 6.90. The SMILES string of the molecule is CO[C@@H]1CC[C@]2(Cc3ccc(Br)cc3C23COC(N)=N3)C[C@H]1C. The molecule has 4 atom stereocenters. The Kier molecular flexibility index (Phi) is 3.50. The third-order valence-electron chi connectivity index (χ3n) is 6.21. The third kappa shape index (κ3) is 2.09. The van der Waals surface area contributed by atoms with E-state index in [0.717, 1.165) is 30.2 Å². The van der Waals surface area contributed by atoms with E-state index in [2.05, 4.69) is 41.1 Å². The minimum absolute atomic E-state index is 0.0890. The highest BCUT2D eigenvalue weighted by Crippen LogP contribution is 2.62. The highest BCUT2D eigenvalue weighted by atomic mass is 79.9. The first-order valence-corrected chi connectivity index (χ1v) is 9.09. The van der Waals surface area contributed by atoms with Crippen LogP contribution in [0.15, 0.2) is 27.7 Å². The number of nitrogens with two attached hydrogens (primary N) is 1. The first-order chi connectivity index (χ1) is 11.0. The number of hydrogen-bond acceptors (Lipinski definition) is 4. The Balaban J connectivity index is 1.83. The Morgan fingerprint density at radius 3 is 2.91 bits per heavy atom. The predicted octanol–water partition coefficient (Wildman–Crippen LogP) is 3.37. The molecule has 1 heterocycles. The maximum absolute atomic E-state index is 5.95. The van der Waals surface area contributed by atoms with Crippen molar-refractivity contribution in [3.8, 4) is 0 Å². The van der Waals surface area contributed by atoms with E-state index in [9.17, 15) is 0 Å². The summed E-state index contributed by atoms with van der Waals surface area (Å²) in [4.78, 5) is 4.87. The van der Waals surface area contributed by atoms with Crippen LogP contribution >= 0.6 is 15.9 Å². The molecule has 3 aliphatic rings. The summed E-state index contributed by atoms with van der Waals surface area (Å²) in [6.07, 6.45) is 4.66. The van der Waals surface area contributed by atoms with Crippen LogP contribution in [0, 0.1) is 11.3 Å². The molecule has 4 rings (SSSR count). The average molecular weight is 379 g/mol. The van der Waals surface area contributed by atoms with E-state index in [1.807, 2.05) is 7.11 Å². The zero-order valence-electron chi connectivity index (χ0n) is 13.6. The van der Waals surface area contributed by atoms with Crippen LogP contribution in [-0.2, 0) is 21.4 Å². The minimum Gasteiger partial charge on any atom is -0.462 e. The van der Waals surface area contributed by atoms with Gasteiger partial charge in [0.1, 0.15) is 12.1 Å². The van der Waals surface area contributed by atoms with Crippen molar-refractivity contribution in [2.75, 3.05) is 13.7 Å². The van der Waals surface area contributed by atoms with Crippen LogP contribution in [0.3, 0.4) is 0 Å². The van der Waals surface area contributed by atoms with Crippen molar-refractivity contribution in [2.24, 2.45) is 22.1 Å². The molecule has 1 aliphatic heterocycles. The summed E-state index contributed by atoms with van der Waals surface area (Å²) < 4.78 is 12.4. The van der Waals surface area contributed by atoms with Crippen LogP contribution in [0.1, 0.15) is 37.3 Å². The Bertz CT molecular complexity index is 677. The number of rotatable bonds is 1. The maximum Gasteiger partial charge on any atom is 0.283 e. The van der Waals surface area contributed by atoms with E-state index >= 15 is 0 Å².